The van der Waals surface area contributed by atoms with Crippen molar-refractivity contribution in [2.24, 2.45) is 0 Å². The van der Waals surface area contributed by atoms with Crippen LogP contribution in [0.5, 0.6) is 11.5 Å². The summed E-state index contributed by atoms with van der Waals surface area (Å²) >= 11 is 6.82. The number of halogens is 4. The summed E-state index contributed by atoms with van der Waals surface area (Å²) < 4.78 is 49.8. The fraction of sp³-hybridized carbons (Fsp3) is 0.278. The van der Waals surface area contributed by atoms with Gasteiger partial charge in [-0.25, -0.2) is 0 Å². The van der Waals surface area contributed by atoms with Crippen molar-refractivity contribution < 1.29 is 27.4 Å². The third-order valence-corrected chi connectivity index (χ3v) is 4.91. The van der Waals surface area contributed by atoms with Crippen molar-refractivity contribution in [3.05, 3.63) is 47.0 Å². The molecule has 0 aliphatic heterocycles. The Kier molecular flexibility index (Phi) is 6.89. The number of thioether (sulfide) groups is 1. The Bertz CT molecular complexity index is 830. The van der Waals surface area contributed by atoms with Gasteiger partial charge < -0.3 is 14.8 Å². The Morgan fingerprint density at radius 3 is 2.37 bits per heavy atom. The quantitative estimate of drug-likeness (QED) is 0.628. The zero-order valence-electron chi connectivity index (χ0n) is 14.7. The average molecular weight is 420 g/mol. The standard InChI is InChI=1S/C18H17ClF3NO3S/c1-10(27-12-5-7-15(25-2)16(9-12)26-3)17(24)23-14-6-4-11(19)8-13(14)18(20,21)22/h4-10H,1-3H3,(H,23,24)/t10-/m1/s1. The van der Waals surface area contributed by atoms with E-state index >= 15 is 0 Å². The molecule has 1 atom stereocenters. The highest BCUT2D eigenvalue weighted by Crippen LogP contribution is 2.37. The second-order valence-corrected chi connectivity index (χ2v) is 7.30. The number of ether oxygens (including phenoxy) is 2. The SMILES string of the molecule is COc1ccc(S[C@H](C)C(=O)Nc2ccc(Cl)cc2C(F)(F)F)cc1OC. The number of hydrogen-bond acceptors (Lipinski definition) is 4. The maximum absolute atomic E-state index is 13.1. The van der Waals surface area contributed by atoms with Crippen LogP contribution in [0.2, 0.25) is 5.02 Å². The average Bonchev–Trinajstić information content (AvgIpc) is 2.62. The minimum atomic E-state index is -4.63. The first-order valence-electron chi connectivity index (χ1n) is 7.72. The third kappa shape index (κ3) is 5.46. The van der Waals surface area contributed by atoms with Gasteiger partial charge in [0.15, 0.2) is 11.5 Å². The maximum Gasteiger partial charge on any atom is 0.418 e. The predicted molar refractivity (Wildman–Crippen MR) is 99.9 cm³/mol. The van der Waals surface area contributed by atoms with Crippen LogP contribution in [0.3, 0.4) is 0 Å². The van der Waals surface area contributed by atoms with Crippen molar-refractivity contribution in [1.82, 2.24) is 0 Å². The van der Waals surface area contributed by atoms with Gasteiger partial charge in [-0.15, -0.1) is 11.8 Å². The first-order valence-corrected chi connectivity index (χ1v) is 8.97. The van der Waals surface area contributed by atoms with Gasteiger partial charge in [-0.2, -0.15) is 13.2 Å². The van der Waals surface area contributed by atoms with E-state index in [-0.39, 0.29) is 10.7 Å². The molecule has 0 saturated carbocycles. The van der Waals surface area contributed by atoms with Gasteiger partial charge in [-0.3, -0.25) is 4.79 Å². The highest BCUT2D eigenvalue weighted by Gasteiger charge is 2.34. The number of nitrogens with one attached hydrogen (secondary N) is 1. The molecular formula is C18H17ClF3NO3S. The number of methoxy groups -OCH3 is 2. The van der Waals surface area contributed by atoms with Crippen LogP contribution in [-0.2, 0) is 11.0 Å². The van der Waals surface area contributed by atoms with Crippen LogP contribution in [0.15, 0.2) is 41.3 Å². The minimum absolute atomic E-state index is 0.0620. The van der Waals surface area contributed by atoms with Crippen LogP contribution < -0.4 is 14.8 Å². The summed E-state index contributed by atoms with van der Waals surface area (Å²) in [5, 5.41) is 1.61. The molecule has 0 aliphatic carbocycles. The zero-order chi connectivity index (χ0) is 20.2. The molecule has 0 heterocycles. The number of carbonyl (C=O) groups is 1. The van der Waals surface area contributed by atoms with Crippen molar-refractivity contribution in [2.75, 3.05) is 19.5 Å². The van der Waals surface area contributed by atoms with E-state index in [1.165, 1.54) is 32.0 Å². The van der Waals surface area contributed by atoms with Gasteiger partial charge in [0.25, 0.3) is 0 Å². The van der Waals surface area contributed by atoms with Gasteiger partial charge in [0.1, 0.15) is 0 Å². The van der Waals surface area contributed by atoms with Gasteiger partial charge in [0.2, 0.25) is 5.91 Å². The molecule has 0 saturated heterocycles. The van der Waals surface area contributed by atoms with E-state index in [1.54, 1.807) is 25.1 Å². The van der Waals surface area contributed by atoms with Crippen molar-refractivity contribution in [3.8, 4) is 11.5 Å². The number of amides is 1. The van der Waals surface area contributed by atoms with Crippen molar-refractivity contribution in [1.29, 1.82) is 0 Å². The smallest absolute Gasteiger partial charge is 0.418 e. The number of carbonyl (C=O) groups excluding carboxylic acids is 1. The maximum atomic E-state index is 13.1. The van der Waals surface area contributed by atoms with Crippen LogP contribution in [-0.4, -0.2) is 25.4 Å². The van der Waals surface area contributed by atoms with Gasteiger partial charge in [-0.05, 0) is 43.3 Å². The molecule has 4 nitrogen and oxygen atoms in total. The Morgan fingerprint density at radius 2 is 1.78 bits per heavy atom. The van der Waals surface area contributed by atoms with Crippen molar-refractivity contribution in [2.45, 2.75) is 23.2 Å². The fourth-order valence-electron chi connectivity index (χ4n) is 2.24. The van der Waals surface area contributed by atoms with E-state index in [2.05, 4.69) is 5.32 Å². The third-order valence-electron chi connectivity index (χ3n) is 3.58. The number of anilines is 1. The number of alkyl halides is 3. The lowest BCUT2D eigenvalue weighted by Crippen LogP contribution is -2.24. The molecular weight excluding hydrogens is 403 g/mol. The molecule has 0 spiro atoms. The van der Waals surface area contributed by atoms with Gasteiger partial charge in [0.05, 0.1) is 30.7 Å². The van der Waals surface area contributed by atoms with E-state index in [0.29, 0.717) is 16.4 Å². The Labute approximate surface area is 164 Å². The minimum Gasteiger partial charge on any atom is -0.493 e. The summed E-state index contributed by atoms with van der Waals surface area (Å²) in [6.07, 6.45) is -4.63. The van der Waals surface area contributed by atoms with Crippen LogP contribution in [0.25, 0.3) is 0 Å². The lowest BCUT2D eigenvalue weighted by Gasteiger charge is -2.17. The van der Waals surface area contributed by atoms with Crippen molar-refractivity contribution >= 4 is 35.0 Å². The molecule has 0 radical (unpaired) electrons. The van der Waals surface area contributed by atoms with Crippen LogP contribution in [0.4, 0.5) is 18.9 Å². The normalized spacial score (nSPS) is 12.4. The van der Waals surface area contributed by atoms with Crippen LogP contribution >= 0.6 is 23.4 Å². The Balaban J connectivity index is 2.15. The Morgan fingerprint density at radius 1 is 1.11 bits per heavy atom. The number of benzene rings is 2. The molecule has 0 fully saturated rings. The molecule has 9 heteroatoms. The monoisotopic (exact) mass is 419 g/mol. The summed E-state index contributed by atoms with van der Waals surface area (Å²) in [6, 6.07) is 8.32. The lowest BCUT2D eigenvalue weighted by molar-refractivity contribution is -0.137. The highest BCUT2D eigenvalue weighted by atomic mass is 35.5. The molecule has 2 aromatic rings. The summed E-state index contributed by atoms with van der Waals surface area (Å²) in [4.78, 5) is 13.1. The topological polar surface area (TPSA) is 47.6 Å². The first-order chi connectivity index (χ1) is 12.7. The number of rotatable bonds is 6. The van der Waals surface area contributed by atoms with E-state index in [9.17, 15) is 18.0 Å². The molecule has 27 heavy (non-hydrogen) atoms. The second-order valence-electron chi connectivity index (χ2n) is 5.45. The molecule has 0 aromatic heterocycles. The van der Waals surface area contributed by atoms with Gasteiger partial charge >= 0.3 is 6.18 Å². The Hall–Kier alpha value is -2.06. The first kappa shape index (κ1) is 21.2. The lowest BCUT2D eigenvalue weighted by atomic mass is 10.1. The highest BCUT2D eigenvalue weighted by molar-refractivity contribution is 8.00. The summed E-state index contributed by atoms with van der Waals surface area (Å²) in [5.74, 6) is 0.463. The number of hydrogen-bond donors (Lipinski definition) is 1. The summed E-state index contributed by atoms with van der Waals surface area (Å²) in [5.41, 5.74) is -1.33. The molecule has 0 unspecified atom stereocenters. The van der Waals surface area contributed by atoms with Crippen molar-refractivity contribution in [3.63, 3.8) is 0 Å². The molecule has 2 aromatic carbocycles. The summed E-state index contributed by atoms with van der Waals surface area (Å²) in [6.45, 7) is 1.60. The van der Waals surface area contributed by atoms with E-state index < -0.39 is 22.9 Å². The van der Waals surface area contributed by atoms with Gasteiger partial charge in [0, 0.05) is 9.92 Å². The fourth-order valence-corrected chi connectivity index (χ4v) is 3.31. The molecule has 0 bridgehead atoms. The molecule has 2 rings (SSSR count). The largest absolute Gasteiger partial charge is 0.493 e. The van der Waals surface area contributed by atoms with Crippen LogP contribution in [0.1, 0.15) is 12.5 Å². The van der Waals surface area contributed by atoms with E-state index in [1.807, 2.05) is 0 Å². The van der Waals surface area contributed by atoms with E-state index in [0.717, 1.165) is 12.1 Å². The molecule has 146 valence electrons. The zero-order valence-corrected chi connectivity index (χ0v) is 16.3. The van der Waals surface area contributed by atoms with Crippen LogP contribution in [0, 0.1) is 0 Å². The molecule has 1 amide bonds. The summed E-state index contributed by atoms with van der Waals surface area (Å²) in [7, 11) is 2.99. The molecule has 1 N–H and O–H groups in total. The van der Waals surface area contributed by atoms with E-state index in [4.69, 9.17) is 21.1 Å². The predicted octanol–water partition coefficient (Wildman–Crippen LogP) is 5.50. The second kappa shape index (κ2) is 8.75. The van der Waals surface area contributed by atoms with Gasteiger partial charge in [-0.1, -0.05) is 11.6 Å². The molecule has 0 aliphatic rings.